The van der Waals surface area contributed by atoms with Gasteiger partial charge in [-0.05, 0) is 25.5 Å². The van der Waals surface area contributed by atoms with E-state index in [0.29, 0.717) is 30.9 Å². The van der Waals surface area contributed by atoms with Gasteiger partial charge in [0.2, 0.25) is 0 Å². The number of nitrogen functional groups attached to an aromatic ring is 2. The average molecular weight is 347 g/mol. The number of nitrogens with one attached hydrogen (secondary N) is 2. The fraction of sp³-hybridized carbons (Fsp3) is 0.312. The Kier molecular flexibility index (Phi) is 5.83. The lowest BCUT2D eigenvalue weighted by atomic mass is 10.1. The first-order valence-electron chi connectivity index (χ1n) is 7.80. The molecule has 0 unspecified atom stereocenters. The van der Waals surface area contributed by atoms with Gasteiger partial charge in [0, 0.05) is 24.7 Å². The van der Waals surface area contributed by atoms with Gasteiger partial charge in [-0.25, -0.2) is 4.98 Å². The van der Waals surface area contributed by atoms with Crippen LogP contribution in [0.5, 0.6) is 5.75 Å². The summed E-state index contributed by atoms with van der Waals surface area (Å²) in [5, 5.41) is 11.8. The maximum atomic E-state index is 11.8. The van der Waals surface area contributed by atoms with Gasteiger partial charge >= 0.3 is 5.97 Å². The van der Waals surface area contributed by atoms with Crippen LogP contribution < -0.4 is 27.1 Å². The van der Waals surface area contributed by atoms with Crippen molar-refractivity contribution in [1.82, 2.24) is 9.97 Å². The molecule has 0 radical (unpaired) electrons. The van der Waals surface area contributed by atoms with Crippen LogP contribution >= 0.6 is 0 Å². The number of aliphatic carboxylic acids is 1. The summed E-state index contributed by atoms with van der Waals surface area (Å²) in [7, 11) is 0. The minimum absolute atomic E-state index is 0.0444. The Morgan fingerprint density at radius 2 is 2.16 bits per heavy atom. The summed E-state index contributed by atoms with van der Waals surface area (Å²) in [6.07, 6.45) is 0.601. The summed E-state index contributed by atoms with van der Waals surface area (Å²) in [5.74, 6) is -0.101. The summed E-state index contributed by atoms with van der Waals surface area (Å²) in [5.41, 5.74) is 11.9. The van der Waals surface area contributed by atoms with Crippen molar-refractivity contribution in [2.24, 2.45) is 0 Å². The van der Waals surface area contributed by atoms with Crippen LogP contribution in [-0.2, 0) is 4.79 Å². The van der Waals surface area contributed by atoms with Crippen LogP contribution in [0.25, 0.3) is 11.4 Å². The summed E-state index contributed by atoms with van der Waals surface area (Å²) in [4.78, 5) is 29.0. The second-order valence-electron chi connectivity index (χ2n) is 5.28. The van der Waals surface area contributed by atoms with Gasteiger partial charge in [-0.3, -0.25) is 9.59 Å². The molecular formula is C16H21N5O4. The number of aromatic amines is 1. The Hall–Kier alpha value is -3.23. The van der Waals surface area contributed by atoms with E-state index in [1.807, 2.05) is 6.92 Å². The Morgan fingerprint density at radius 1 is 1.40 bits per heavy atom. The number of ether oxygens (including phenoxy) is 1. The van der Waals surface area contributed by atoms with Crippen LogP contribution in [0.1, 0.15) is 19.8 Å². The minimum atomic E-state index is -0.830. The van der Waals surface area contributed by atoms with Gasteiger partial charge in [-0.15, -0.1) is 0 Å². The molecule has 0 aliphatic carbocycles. The number of carboxylic acids is 1. The molecule has 1 heterocycles. The normalized spacial score (nSPS) is 10.4. The Labute approximate surface area is 144 Å². The van der Waals surface area contributed by atoms with Gasteiger partial charge in [0.25, 0.3) is 5.56 Å². The van der Waals surface area contributed by atoms with Gasteiger partial charge in [0.15, 0.2) is 5.82 Å². The number of aromatic nitrogens is 2. The predicted octanol–water partition coefficient (Wildman–Crippen LogP) is 1.28. The van der Waals surface area contributed by atoms with Crippen molar-refractivity contribution in [3.63, 3.8) is 0 Å². The number of nitrogens with two attached hydrogens (primary N) is 2. The molecule has 9 heteroatoms. The van der Waals surface area contributed by atoms with E-state index < -0.39 is 11.5 Å². The number of hydrogen-bond acceptors (Lipinski definition) is 7. The van der Waals surface area contributed by atoms with E-state index in [4.69, 9.17) is 21.3 Å². The number of benzene rings is 1. The van der Waals surface area contributed by atoms with Crippen LogP contribution in [0.15, 0.2) is 23.0 Å². The predicted molar refractivity (Wildman–Crippen MR) is 95.6 cm³/mol. The van der Waals surface area contributed by atoms with Gasteiger partial charge in [-0.1, -0.05) is 0 Å². The molecule has 0 amide bonds. The molecule has 1 aromatic carbocycles. The molecule has 0 saturated carbocycles. The van der Waals surface area contributed by atoms with Crippen molar-refractivity contribution >= 4 is 23.2 Å². The van der Waals surface area contributed by atoms with E-state index in [1.165, 1.54) is 0 Å². The molecule has 0 aliphatic heterocycles. The third-order valence-electron chi connectivity index (χ3n) is 3.42. The fourth-order valence-electron chi connectivity index (χ4n) is 2.20. The lowest BCUT2D eigenvalue weighted by molar-refractivity contribution is -0.137. The van der Waals surface area contributed by atoms with Crippen LogP contribution in [0, 0.1) is 0 Å². The highest BCUT2D eigenvalue weighted by Crippen LogP contribution is 2.31. The highest BCUT2D eigenvalue weighted by Gasteiger charge is 2.13. The zero-order valence-electron chi connectivity index (χ0n) is 13.8. The Balaban J connectivity index is 2.27. The molecule has 25 heavy (non-hydrogen) atoms. The molecule has 0 bridgehead atoms. The van der Waals surface area contributed by atoms with Crippen LogP contribution in [0.3, 0.4) is 0 Å². The van der Waals surface area contributed by atoms with Crippen molar-refractivity contribution in [2.45, 2.75) is 19.8 Å². The smallest absolute Gasteiger partial charge is 0.303 e. The van der Waals surface area contributed by atoms with Crippen molar-refractivity contribution < 1.29 is 14.6 Å². The molecule has 2 aromatic rings. The Morgan fingerprint density at radius 3 is 2.80 bits per heavy atom. The summed E-state index contributed by atoms with van der Waals surface area (Å²) in [6, 6.07) is 5.27. The number of carbonyl (C=O) groups is 1. The first kappa shape index (κ1) is 18.1. The molecular weight excluding hydrogens is 326 g/mol. The molecule has 0 aliphatic rings. The zero-order chi connectivity index (χ0) is 18.4. The standard InChI is InChI=1S/C16H21N5O4/c1-2-25-11-8-9(19-7-3-4-12(22)23)5-6-10(11)15-20-14(18)13(17)16(24)21-15/h5-6,8,19H,2-4,7,17H2,1H3,(H,22,23)(H3,18,20,21,24). The average Bonchev–Trinajstić information content (AvgIpc) is 2.56. The molecule has 7 N–H and O–H groups in total. The molecule has 134 valence electrons. The summed E-state index contributed by atoms with van der Waals surface area (Å²) < 4.78 is 5.62. The third kappa shape index (κ3) is 4.63. The first-order chi connectivity index (χ1) is 11.9. The van der Waals surface area contributed by atoms with E-state index in [-0.39, 0.29) is 23.8 Å². The second kappa shape index (κ2) is 8.04. The van der Waals surface area contributed by atoms with Gasteiger partial charge in [0.05, 0.1) is 12.2 Å². The van der Waals surface area contributed by atoms with E-state index in [9.17, 15) is 9.59 Å². The van der Waals surface area contributed by atoms with Crippen molar-refractivity contribution in [3.05, 3.63) is 28.6 Å². The molecule has 0 fully saturated rings. The molecule has 0 atom stereocenters. The van der Waals surface area contributed by atoms with Crippen molar-refractivity contribution in [1.29, 1.82) is 0 Å². The fourth-order valence-corrected chi connectivity index (χ4v) is 2.20. The number of carboxylic acid groups (broad SMARTS) is 1. The first-order valence-corrected chi connectivity index (χ1v) is 7.80. The number of hydrogen-bond donors (Lipinski definition) is 5. The summed E-state index contributed by atoms with van der Waals surface area (Å²) in [6.45, 7) is 2.77. The zero-order valence-corrected chi connectivity index (χ0v) is 13.8. The molecule has 9 nitrogen and oxygen atoms in total. The quantitative estimate of drug-likeness (QED) is 0.447. The number of nitrogens with zero attached hydrogens (tertiary/aromatic N) is 1. The van der Waals surface area contributed by atoms with Crippen molar-refractivity contribution in [3.8, 4) is 17.1 Å². The number of anilines is 3. The highest BCUT2D eigenvalue weighted by molar-refractivity contribution is 5.71. The number of H-pyrrole nitrogens is 1. The monoisotopic (exact) mass is 347 g/mol. The maximum Gasteiger partial charge on any atom is 0.303 e. The van der Waals surface area contributed by atoms with Gasteiger partial charge in [-0.2, -0.15) is 0 Å². The number of rotatable bonds is 8. The third-order valence-corrected chi connectivity index (χ3v) is 3.42. The van der Waals surface area contributed by atoms with E-state index in [1.54, 1.807) is 18.2 Å². The lowest BCUT2D eigenvalue weighted by Gasteiger charge is -2.13. The highest BCUT2D eigenvalue weighted by atomic mass is 16.5. The Bertz CT molecular complexity index is 819. The van der Waals surface area contributed by atoms with Gasteiger partial charge in [0.1, 0.15) is 17.3 Å². The van der Waals surface area contributed by atoms with Crippen LogP contribution in [0.2, 0.25) is 0 Å². The largest absolute Gasteiger partial charge is 0.493 e. The molecule has 0 saturated heterocycles. The van der Waals surface area contributed by atoms with E-state index >= 15 is 0 Å². The molecule has 0 spiro atoms. The summed E-state index contributed by atoms with van der Waals surface area (Å²) >= 11 is 0. The molecule has 2 rings (SSSR count). The topological polar surface area (TPSA) is 156 Å². The van der Waals surface area contributed by atoms with Crippen LogP contribution in [-0.4, -0.2) is 34.2 Å². The lowest BCUT2D eigenvalue weighted by Crippen LogP contribution is -2.17. The van der Waals surface area contributed by atoms with Crippen molar-refractivity contribution in [2.75, 3.05) is 29.9 Å². The second-order valence-corrected chi connectivity index (χ2v) is 5.28. The van der Waals surface area contributed by atoms with E-state index in [0.717, 1.165) is 5.69 Å². The van der Waals surface area contributed by atoms with E-state index in [2.05, 4.69) is 15.3 Å². The minimum Gasteiger partial charge on any atom is -0.493 e. The van der Waals surface area contributed by atoms with Gasteiger partial charge < -0.3 is 31.6 Å². The maximum absolute atomic E-state index is 11.8. The van der Waals surface area contributed by atoms with Crippen LogP contribution in [0.4, 0.5) is 17.2 Å². The SMILES string of the molecule is CCOc1cc(NCCCC(=O)O)ccc1-c1nc(N)c(N)c(=O)[nH]1. The molecule has 1 aromatic heterocycles.